The van der Waals surface area contributed by atoms with Gasteiger partial charge in [-0.3, -0.25) is 0 Å². The van der Waals surface area contributed by atoms with Gasteiger partial charge in [0.15, 0.2) is 0 Å². The van der Waals surface area contributed by atoms with Crippen LogP contribution in [0.5, 0.6) is 0 Å². The minimum absolute atomic E-state index is 0.164. The van der Waals surface area contributed by atoms with E-state index < -0.39 is 0 Å². The van der Waals surface area contributed by atoms with E-state index in [9.17, 15) is 0 Å². The minimum Gasteiger partial charge on any atom is -0.368 e. The van der Waals surface area contributed by atoms with Crippen molar-refractivity contribution in [2.24, 2.45) is 11.7 Å². The third kappa shape index (κ3) is 2.99. The van der Waals surface area contributed by atoms with E-state index in [0.29, 0.717) is 6.04 Å². The second kappa shape index (κ2) is 5.50. The molecule has 1 aliphatic rings. The van der Waals surface area contributed by atoms with Crippen LogP contribution < -0.4 is 10.6 Å². The lowest BCUT2D eigenvalue weighted by atomic mass is 10.0. The molecule has 0 spiro atoms. The van der Waals surface area contributed by atoms with E-state index in [-0.39, 0.29) is 6.04 Å². The van der Waals surface area contributed by atoms with E-state index in [4.69, 9.17) is 17.3 Å². The summed E-state index contributed by atoms with van der Waals surface area (Å²) < 4.78 is 0. The number of rotatable bonds is 3. The van der Waals surface area contributed by atoms with E-state index in [2.05, 4.69) is 30.9 Å². The molecule has 2 rings (SSSR count). The summed E-state index contributed by atoms with van der Waals surface area (Å²) in [5.41, 5.74) is 8.53. The van der Waals surface area contributed by atoms with Crippen LogP contribution in [0.2, 0.25) is 5.02 Å². The molecule has 1 aromatic rings. The molecule has 2 N–H and O–H groups in total. The van der Waals surface area contributed by atoms with Crippen LogP contribution in [0.15, 0.2) is 18.2 Å². The molecule has 18 heavy (non-hydrogen) atoms. The molecule has 1 saturated heterocycles. The summed E-state index contributed by atoms with van der Waals surface area (Å²) >= 11 is 6.11. The maximum Gasteiger partial charge on any atom is 0.0410 e. The number of hydrogen-bond donors (Lipinski definition) is 1. The average Bonchev–Trinajstić information content (AvgIpc) is 2.57. The highest BCUT2D eigenvalue weighted by atomic mass is 35.5. The molecule has 1 heterocycles. The first-order valence-electron chi connectivity index (χ1n) is 6.78. The molecule has 0 aliphatic carbocycles. The summed E-state index contributed by atoms with van der Waals surface area (Å²) in [6.45, 7) is 7.79. The Morgan fingerprint density at radius 1 is 1.44 bits per heavy atom. The van der Waals surface area contributed by atoms with E-state index in [1.165, 1.54) is 17.7 Å². The summed E-state index contributed by atoms with van der Waals surface area (Å²) in [5.74, 6) is 0.763. The van der Waals surface area contributed by atoms with Crippen molar-refractivity contribution in [1.82, 2.24) is 0 Å². The summed E-state index contributed by atoms with van der Waals surface area (Å²) in [6, 6.07) is 6.97. The molecule has 0 amide bonds. The topological polar surface area (TPSA) is 29.3 Å². The summed E-state index contributed by atoms with van der Waals surface area (Å²) in [6.07, 6.45) is 2.15. The Hall–Kier alpha value is -0.730. The van der Waals surface area contributed by atoms with Crippen LogP contribution in [0.4, 0.5) is 5.69 Å². The van der Waals surface area contributed by atoms with Crippen LogP contribution >= 0.6 is 11.6 Å². The minimum atomic E-state index is 0.164. The van der Waals surface area contributed by atoms with Crippen molar-refractivity contribution in [3.8, 4) is 0 Å². The first kappa shape index (κ1) is 13.7. The SMILES string of the molecule is CC(N)Cc1cc(Cl)ccc1N1CC(C)CC1C. The highest BCUT2D eigenvalue weighted by molar-refractivity contribution is 6.30. The predicted molar refractivity (Wildman–Crippen MR) is 79.4 cm³/mol. The maximum atomic E-state index is 6.11. The van der Waals surface area contributed by atoms with Crippen LogP contribution in [0, 0.1) is 5.92 Å². The smallest absolute Gasteiger partial charge is 0.0410 e. The van der Waals surface area contributed by atoms with E-state index in [0.717, 1.165) is 23.9 Å². The van der Waals surface area contributed by atoms with Gasteiger partial charge < -0.3 is 10.6 Å². The molecular formula is C15H23ClN2. The Labute approximate surface area is 115 Å². The highest BCUT2D eigenvalue weighted by Gasteiger charge is 2.27. The quantitative estimate of drug-likeness (QED) is 0.908. The van der Waals surface area contributed by atoms with Crippen molar-refractivity contribution in [2.75, 3.05) is 11.4 Å². The third-order valence-electron chi connectivity index (χ3n) is 3.68. The van der Waals surface area contributed by atoms with Crippen molar-refractivity contribution >= 4 is 17.3 Å². The zero-order valence-electron chi connectivity index (χ0n) is 11.5. The Balaban J connectivity index is 2.31. The van der Waals surface area contributed by atoms with Crippen molar-refractivity contribution in [3.05, 3.63) is 28.8 Å². The second-order valence-corrected chi connectivity index (χ2v) is 6.23. The highest BCUT2D eigenvalue weighted by Crippen LogP contribution is 2.33. The third-order valence-corrected chi connectivity index (χ3v) is 3.91. The van der Waals surface area contributed by atoms with Crippen LogP contribution in [-0.4, -0.2) is 18.6 Å². The molecule has 0 bridgehead atoms. The zero-order valence-corrected chi connectivity index (χ0v) is 12.2. The van der Waals surface area contributed by atoms with Gasteiger partial charge in [-0.15, -0.1) is 0 Å². The molecule has 0 aromatic heterocycles. The molecule has 3 unspecified atom stereocenters. The van der Waals surface area contributed by atoms with Gasteiger partial charge in [0.2, 0.25) is 0 Å². The van der Waals surface area contributed by atoms with Gasteiger partial charge in [0.25, 0.3) is 0 Å². The lowest BCUT2D eigenvalue weighted by molar-refractivity contribution is 0.625. The zero-order chi connectivity index (χ0) is 13.3. The first-order chi connectivity index (χ1) is 8.47. The number of anilines is 1. The largest absolute Gasteiger partial charge is 0.368 e. The molecule has 0 radical (unpaired) electrons. The van der Waals surface area contributed by atoms with Gasteiger partial charge in [0, 0.05) is 29.3 Å². The molecule has 1 aliphatic heterocycles. The van der Waals surface area contributed by atoms with Crippen LogP contribution in [-0.2, 0) is 6.42 Å². The van der Waals surface area contributed by atoms with Gasteiger partial charge in [0.1, 0.15) is 0 Å². The predicted octanol–water partition coefficient (Wildman–Crippen LogP) is 3.46. The number of hydrogen-bond acceptors (Lipinski definition) is 2. The number of halogens is 1. The average molecular weight is 267 g/mol. The van der Waals surface area contributed by atoms with Crippen LogP contribution in [0.25, 0.3) is 0 Å². The number of nitrogens with zero attached hydrogens (tertiary/aromatic N) is 1. The molecule has 3 atom stereocenters. The molecule has 2 nitrogen and oxygen atoms in total. The van der Waals surface area contributed by atoms with E-state index in [1.54, 1.807) is 0 Å². The number of benzene rings is 1. The Morgan fingerprint density at radius 2 is 2.17 bits per heavy atom. The number of nitrogens with two attached hydrogens (primary N) is 1. The van der Waals surface area contributed by atoms with Gasteiger partial charge in [-0.25, -0.2) is 0 Å². The monoisotopic (exact) mass is 266 g/mol. The van der Waals surface area contributed by atoms with Crippen molar-refractivity contribution in [1.29, 1.82) is 0 Å². The Bertz CT molecular complexity index is 417. The maximum absolute atomic E-state index is 6.11. The Morgan fingerprint density at radius 3 is 2.72 bits per heavy atom. The molecule has 1 aromatic carbocycles. The summed E-state index contributed by atoms with van der Waals surface area (Å²) in [7, 11) is 0. The van der Waals surface area contributed by atoms with Gasteiger partial charge in [-0.1, -0.05) is 18.5 Å². The van der Waals surface area contributed by atoms with Gasteiger partial charge in [-0.05, 0) is 56.4 Å². The van der Waals surface area contributed by atoms with Gasteiger partial charge >= 0.3 is 0 Å². The lowest BCUT2D eigenvalue weighted by Crippen LogP contribution is -2.29. The molecule has 3 heteroatoms. The van der Waals surface area contributed by atoms with Crippen molar-refractivity contribution in [3.63, 3.8) is 0 Å². The fraction of sp³-hybridized carbons (Fsp3) is 0.600. The van der Waals surface area contributed by atoms with Crippen molar-refractivity contribution < 1.29 is 0 Å². The van der Waals surface area contributed by atoms with Gasteiger partial charge in [0.05, 0.1) is 0 Å². The first-order valence-corrected chi connectivity index (χ1v) is 7.15. The molecular weight excluding hydrogens is 244 g/mol. The lowest BCUT2D eigenvalue weighted by Gasteiger charge is -2.27. The molecule has 100 valence electrons. The van der Waals surface area contributed by atoms with Crippen LogP contribution in [0.1, 0.15) is 32.8 Å². The standard InChI is InChI=1S/C15H23ClN2/c1-10-6-12(3)18(9-10)15-5-4-14(16)8-13(15)7-11(2)17/h4-5,8,10-12H,6-7,9,17H2,1-3H3. The second-order valence-electron chi connectivity index (χ2n) is 5.80. The van der Waals surface area contributed by atoms with Gasteiger partial charge in [-0.2, -0.15) is 0 Å². The summed E-state index contributed by atoms with van der Waals surface area (Å²) in [5, 5.41) is 0.800. The van der Waals surface area contributed by atoms with Crippen molar-refractivity contribution in [2.45, 2.75) is 45.7 Å². The Kier molecular flexibility index (Phi) is 4.18. The fourth-order valence-electron chi connectivity index (χ4n) is 2.98. The molecule has 0 saturated carbocycles. The van der Waals surface area contributed by atoms with Crippen LogP contribution in [0.3, 0.4) is 0 Å². The molecule has 1 fully saturated rings. The normalized spacial score (nSPS) is 25.5. The summed E-state index contributed by atoms with van der Waals surface area (Å²) in [4.78, 5) is 2.50. The fourth-order valence-corrected chi connectivity index (χ4v) is 3.17. The van der Waals surface area contributed by atoms with E-state index in [1.807, 2.05) is 13.0 Å². The van der Waals surface area contributed by atoms with E-state index >= 15 is 0 Å².